The SMILES string of the molecule is CCN(CC)CCOc1ccc(COc2ccccc2C#N)cc1. The van der Waals surface area contributed by atoms with Gasteiger partial charge in [-0.1, -0.05) is 38.1 Å². The molecule has 126 valence electrons. The first-order valence-corrected chi connectivity index (χ1v) is 8.32. The number of rotatable bonds is 9. The number of benzene rings is 2. The van der Waals surface area contributed by atoms with E-state index in [0.717, 1.165) is 30.9 Å². The Bertz CT molecular complexity index is 658. The second-order valence-corrected chi connectivity index (χ2v) is 5.42. The van der Waals surface area contributed by atoms with Gasteiger partial charge in [0.25, 0.3) is 0 Å². The van der Waals surface area contributed by atoms with Crippen molar-refractivity contribution in [2.24, 2.45) is 0 Å². The summed E-state index contributed by atoms with van der Waals surface area (Å²) in [6.45, 7) is 8.44. The summed E-state index contributed by atoms with van der Waals surface area (Å²) in [4.78, 5) is 2.33. The van der Waals surface area contributed by atoms with Gasteiger partial charge in [0.1, 0.15) is 30.8 Å². The third-order valence-electron chi connectivity index (χ3n) is 3.90. The first-order chi connectivity index (χ1) is 11.8. The zero-order valence-corrected chi connectivity index (χ0v) is 14.4. The lowest BCUT2D eigenvalue weighted by molar-refractivity contribution is 0.222. The minimum atomic E-state index is 0.429. The predicted molar refractivity (Wildman–Crippen MR) is 95.2 cm³/mol. The van der Waals surface area contributed by atoms with E-state index in [-0.39, 0.29) is 0 Å². The van der Waals surface area contributed by atoms with E-state index >= 15 is 0 Å². The molecule has 0 amide bonds. The summed E-state index contributed by atoms with van der Waals surface area (Å²) in [5.41, 5.74) is 1.59. The van der Waals surface area contributed by atoms with Crippen molar-refractivity contribution in [1.29, 1.82) is 5.26 Å². The van der Waals surface area contributed by atoms with Crippen molar-refractivity contribution < 1.29 is 9.47 Å². The molecule has 0 radical (unpaired) electrons. The maximum absolute atomic E-state index is 9.06. The third-order valence-corrected chi connectivity index (χ3v) is 3.90. The Morgan fingerprint density at radius 2 is 1.67 bits per heavy atom. The maximum Gasteiger partial charge on any atom is 0.137 e. The largest absolute Gasteiger partial charge is 0.492 e. The topological polar surface area (TPSA) is 45.5 Å². The molecule has 4 heteroatoms. The van der Waals surface area contributed by atoms with Gasteiger partial charge in [-0.25, -0.2) is 0 Å². The predicted octanol–water partition coefficient (Wildman–Crippen LogP) is 3.86. The van der Waals surface area contributed by atoms with Crippen LogP contribution in [0.4, 0.5) is 0 Å². The highest BCUT2D eigenvalue weighted by Crippen LogP contribution is 2.19. The summed E-state index contributed by atoms with van der Waals surface area (Å²) >= 11 is 0. The molecule has 4 nitrogen and oxygen atoms in total. The monoisotopic (exact) mass is 324 g/mol. The second-order valence-electron chi connectivity index (χ2n) is 5.42. The van der Waals surface area contributed by atoms with Crippen molar-refractivity contribution in [2.75, 3.05) is 26.2 Å². The zero-order chi connectivity index (χ0) is 17.2. The molecule has 0 heterocycles. The molecule has 0 fully saturated rings. The van der Waals surface area contributed by atoms with Gasteiger partial charge in [0, 0.05) is 6.54 Å². The highest BCUT2D eigenvalue weighted by Gasteiger charge is 2.03. The minimum Gasteiger partial charge on any atom is -0.492 e. The summed E-state index contributed by atoms with van der Waals surface area (Å²) < 4.78 is 11.5. The molecule has 0 aliphatic rings. The van der Waals surface area contributed by atoms with Crippen LogP contribution in [0.25, 0.3) is 0 Å². The van der Waals surface area contributed by atoms with Crippen molar-refractivity contribution in [3.63, 3.8) is 0 Å². The van der Waals surface area contributed by atoms with Crippen LogP contribution >= 0.6 is 0 Å². The molecule has 0 N–H and O–H groups in total. The van der Waals surface area contributed by atoms with E-state index in [1.807, 2.05) is 42.5 Å². The van der Waals surface area contributed by atoms with Crippen LogP contribution < -0.4 is 9.47 Å². The quantitative estimate of drug-likeness (QED) is 0.703. The number of nitrogens with zero attached hydrogens (tertiary/aromatic N) is 2. The number of hydrogen-bond donors (Lipinski definition) is 0. The van der Waals surface area contributed by atoms with Gasteiger partial charge in [-0.15, -0.1) is 0 Å². The summed E-state index contributed by atoms with van der Waals surface area (Å²) in [5.74, 6) is 1.47. The van der Waals surface area contributed by atoms with Crippen LogP contribution in [-0.2, 0) is 6.61 Å². The van der Waals surface area contributed by atoms with Gasteiger partial charge < -0.3 is 14.4 Å². The normalized spacial score (nSPS) is 10.4. The lowest BCUT2D eigenvalue weighted by Crippen LogP contribution is -2.27. The first-order valence-electron chi connectivity index (χ1n) is 8.32. The Morgan fingerprint density at radius 1 is 0.958 bits per heavy atom. The average molecular weight is 324 g/mol. The van der Waals surface area contributed by atoms with Crippen LogP contribution in [0.2, 0.25) is 0 Å². The second kappa shape index (κ2) is 9.59. The number of likely N-dealkylation sites (N-methyl/N-ethyl adjacent to an activating group) is 1. The Hall–Kier alpha value is -2.51. The van der Waals surface area contributed by atoms with Gasteiger partial charge in [-0.2, -0.15) is 5.26 Å². The van der Waals surface area contributed by atoms with Crippen LogP contribution in [-0.4, -0.2) is 31.1 Å². The van der Waals surface area contributed by atoms with E-state index in [1.165, 1.54) is 0 Å². The van der Waals surface area contributed by atoms with Crippen molar-refractivity contribution in [3.8, 4) is 17.6 Å². The van der Waals surface area contributed by atoms with E-state index in [9.17, 15) is 0 Å². The summed E-state index contributed by atoms with van der Waals surface area (Å²) in [5, 5.41) is 9.06. The van der Waals surface area contributed by atoms with Gasteiger partial charge >= 0.3 is 0 Å². The maximum atomic E-state index is 9.06. The van der Waals surface area contributed by atoms with Crippen LogP contribution in [0.3, 0.4) is 0 Å². The molecule has 0 unspecified atom stereocenters. The Balaban J connectivity index is 1.83. The molecule has 0 spiro atoms. The van der Waals surface area contributed by atoms with E-state index < -0.39 is 0 Å². The lowest BCUT2D eigenvalue weighted by atomic mass is 10.2. The van der Waals surface area contributed by atoms with E-state index in [0.29, 0.717) is 24.5 Å². The standard InChI is InChI=1S/C20H24N2O2/c1-3-22(4-2)13-14-23-19-11-9-17(10-12-19)16-24-20-8-6-5-7-18(20)15-21/h5-12H,3-4,13-14,16H2,1-2H3. The van der Waals surface area contributed by atoms with E-state index in [2.05, 4.69) is 24.8 Å². The zero-order valence-electron chi connectivity index (χ0n) is 14.4. The van der Waals surface area contributed by atoms with Crippen molar-refractivity contribution >= 4 is 0 Å². The molecule has 0 atom stereocenters. The minimum absolute atomic E-state index is 0.429. The number of ether oxygens (including phenoxy) is 2. The summed E-state index contributed by atoms with van der Waals surface area (Å²) in [6.07, 6.45) is 0. The molecule has 2 aromatic rings. The molecule has 2 rings (SSSR count). The molecule has 0 saturated carbocycles. The highest BCUT2D eigenvalue weighted by molar-refractivity contribution is 5.42. The Morgan fingerprint density at radius 3 is 2.33 bits per heavy atom. The average Bonchev–Trinajstić information content (AvgIpc) is 2.64. The van der Waals surface area contributed by atoms with Crippen molar-refractivity contribution in [3.05, 3.63) is 59.7 Å². The highest BCUT2D eigenvalue weighted by atomic mass is 16.5. The number of hydrogen-bond acceptors (Lipinski definition) is 4. The molecular weight excluding hydrogens is 300 g/mol. The molecule has 0 aliphatic carbocycles. The van der Waals surface area contributed by atoms with Gasteiger partial charge in [-0.05, 0) is 42.9 Å². The third kappa shape index (κ3) is 5.29. The molecule has 0 aliphatic heterocycles. The van der Waals surface area contributed by atoms with E-state index in [1.54, 1.807) is 6.07 Å². The number of para-hydroxylation sites is 1. The Labute approximate surface area is 144 Å². The van der Waals surface area contributed by atoms with Gasteiger partial charge in [0.2, 0.25) is 0 Å². The van der Waals surface area contributed by atoms with Crippen molar-refractivity contribution in [1.82, 2.24) is 4.90 Å². The van der Waals surface area contributed by atoms with Crippen LogP contribution in [0.1, 0.15) is 25.0 Å². The fourth-order valence-electron chi connectivity index (χ4n) is 2.36. The fourth-order valence-corrected chi connectivity index (χ4v) is 2.36. The van der Waals surface area contributed by atoms with Gasteiger partial charge in [-0.3, -0.25) is 0 Å². The summed E-state index contributed by atoms with van der Waals surface area (Å²) in [6, 6.07) is 17.3. The molecule has 0 bridgehead atoms. The molecule has 0 saturated heterocycles. The lowest BCUT2D eigenvalue weighted by Gasteiger charge is -2.18. The molecule has 0 aromatic heterocycles. The molecule has 2 aromatic carbocycles. The molecular formula is C20H24N2O2. The first kappa shape index (κ1) is 17.8. The van der Waals surface area contributed by atoms with Crippen LogP contribution in [0.15, 0.2) is 48.5 Å². The fraction of sp³-hybridized carbons (Fsp3) is 0.350. The van der Waals surface area contributed by atoms with E-state index in [4.69, 9.17) is 14.7 Å². The smallest absolute Gasteiger partial charge is 0.137 e. The van der Waals surface area contributed by atoms with Crippen molar-refractivity contribution in [2.45, 2.75) is 20.5 Å². The molecule has 24 heavy (non-hydrogen) atoms. The summed E-state index contributed by atoms with van der Waals surface area (Å²) in [7, 11) is 0. The van der Waals surface area contributed by atoms with Gasteiger partial charge in [0.15, 0.2) is 0 Å². The Kier molecular flexibility index (Phi) is 7.13. The van der Waals surface area contributed by atoms with Crippen LogP contribution in [0, 0.1) is 11.3 Å². The van der Waals surface area contributed by atoms with Gasteiger partial charge in [0.05, 0.1) is 5.56 Å². The van der Waals surface area contributed by atoms with Crippen LogP contribution in [0.5, 0.6) is 11.5 Å². The number of nitriles is 1.